The summed E-state index contributed by atoms with van der Waals surface area (Å²) in [6, 6.07) is 10.8. The van der Waals surface area contributed by atoms with Crippen molar-refractivity contribution >= 4 is 16.8 Å². The topological polar surface area (TPSA) is 42.9 Å². The van der Waals surface area contributed by atoms with E-state index in [9.17, 15) is 9.18 Å². The third-order valence-corrected chi connectivity index (χ3v) is 2.83. The zero-order chi connectivity index (χ0) is 13.2. The third kappa shape index (κ3) is 2.08. The van der Waals surface area contributed by atoms with Crippen LogP contribution in [0.15, 0.2) is 54.9 Å². The molecule has 1 aromatic heterocycles. The van der Waals surface area contributed by atoms with Crippen molar-refractivity contribution in [3.8, 4) is 0 Å². The first-order valence-electron chi connectivity index (χ1n) is 5.76. The van der Waals surface area contributed by atoms with Gasteiger partial charge in [-0.1, -0.05) is 18.2 Å². The van der Waals surface area contributed by atoms with Crippen molar-refractivity contribution in [3.63, 3.8) is 0 Å². The van der Waals surface area contributed by atoms with Gasteiger partial charge < -0.3 is 0 Å². The average Bonchev–Trinajstić information content (AvgIpc) is 2.46. The van der Waals surface area contributed by atoms with Crippen LogP contribution >= 0.6 is 0 Å². The minimum absolute atomic E-state index is 0.259. The number of para-hydroxylation sites is 1. The summed E-state index contributed by atoms with van der Waals surface area (Å²) in [6.45, 7) is 0. The summed E-state index contributed by atoms with van der Waals surface area (Å²) in [7, 11) is 0. The molecule has 1 heterocycles. The lowest BCUT2D eigenvalue weighted by Crippen LogP contribution is -2.03. The second-order valence-corrected chi connectivity index (χ2v) is 4.07. The number of nitrogens with zero attached hydrogens (tertiary/aromatic N) is 2. The van der Waals surface area contributed by atoms with Gasteiger partial charge in [0.2, 0.25) is 0 Å². The minimum Gasteiger partial charge on any atom is -0.289 e. The second kappa shape index (κ2) is 4.57. The number of rotatable bonds is 2. The van der Waals surface area contributed by atoms with Gasteiger partial charge >= 0.3 is 0 Å². The van der Waals surface area contributed by atoms with Gasteiger partial charge in [-0.25, -0.2) is 4.39 Å². The van der Waals surface area contributed by atoms with Crippen LogP contribution in [0.3, 0.4) is 0 Å². The summed E-state index contributed by atoms with van der Waals surface area (Å²) in [6.07, 6.45) is 3.10. The highest BCUT2D eigenvalue weighted by Crippen LogP contribution is 2.18. The van der Waals surface area contributed by atoms with Crippen LogP contribution in [0.4, 0.5) is 4.39 Å². The van der Waals surface area contributed by atoms with Gasteiger partial charge in [-0.3, -0.25) is 14.8 Å². The van der Waals surface area contributed by atoms with Gasteiger partial charge in [0.1, 0.15) is 5.82 Å². The number of carbonyl (C=O) groups excluding carboxylic acids is 1. The Bertz CT molecular complexity index is 765. The Labute approximate surface area is 108 Å². The van der Waals surface area contributed by atoms with Crippen molar-refractivity contribution in [3.05, 3.63) is 71.8 Å². The lowest BCUT2D eigenvalue weighted by atomic mass is 10.0. The first-order valence-corrected chi connectivity index (χ1v) is 5.76. The van der Waals surface area contributed by atoms with E-state index in [1.165, 1.54) is 24.4 Å². The molecule has 0 aliphatic carbocycles. The van der Waals surface area contributed by atoms with Crippen molar-refractivity contribution < 1.29 is 9.18 Å². The van der Waals surface area contributed by atoms with E-state index >= 15 is 0 Å². The number of hydrogen-bond donors (Lipinski definition) is 0. The monoisotopic (exact) mass is 252 g/mol. The number of ketones is 1. The van der Waals surface area contributed by atoms with Crippen molar-refractivity contribution in [2.45, 2.75) is 0 Å². The predicted octanol–water partition coefficient (Wildman–Crippen LogP) is 3.00. The van der Waals surface area contributed by atoms with E-state index in [1.54, 1.807) is 30.5 Å². The molecule has 0 fully saturated rings. The van der Waals surface area contributed by atoms with Crippen LogP contribution in [0.2, 0.25) is 0 Å². The van der Waals surface area contributed by atoms with E-state index in [-0.39, 0.29) is 5.78 Å². The molecule has 0 atom stereocenters. The zero-order valence-electron chi connectivity index (χ0n) is 9.88. The molecule has 0 N–H and O–H groups in total. The number of hydrogen-bond acceptors (Lipinski definition) is 3. The molecule has 2 aromatic carbocycles. The first-order chi connectivity index (χ1) is 9.25. The van der Waals surface area contributed by atoms with E-state index < -0.39 is 5.82 Å². The van der Waals surface area contributed by atoms with Crippen LogP contribution < -0.4 is 0 Å². The zero-order valence-corrected chi connectivity index (χ0v) is 9.88. The fourth-order valence-corrected chi connectivity index (χ4v) is 1.96. The molecule has 0 amide bonds. The van der Waals surface area contributed by atoms with E-state index in [4.69, 9.17) is 0 Å². The van der Waals surface area contributed by atoms with Gasteiger partial charge in [0.05, 0.1) is 16.6 Å². The molecule has 0 aliphatic heterocycles. The Morgan fingerprint density at radius 3 is 2.63 bits per heavy atom. The summed E-state index contributed by atoms with van der Waals surface area (Å²) in [4.78, 5) is 20.7. The van der Waals surface area contributed by atoms with Gasteiger partial charge in [0, 0.05) is 18.0 Å². The molecule has 0 unspecified atom stereocenters. The number of aromatic nitrogens is 2. The first kappa shape index (κ1) is 11.5. The van der Waals surface area contributed by atoms with Crippen LogP contribution in [-0.2, 0) is 0 Å². The third-order valence-electron chi connectivity index (χ3n) is 2.83. The summed E-state index contributed by atoms with van der Waals surface area (Å²) < 4.78 is 13.2. The molecule has 0 saturated carbocycles. The highest BCUT2D eigenvalue weighted by Gasteiger charge is 2.13. The van der Waals surface area contributed by atoms with Gasteiger partial charge in [0.15, 0.2) is 5.78 Å². The Hall–Kier alpha value is -2.62. The van der Waals surface area contributed by atoms with Crippen molar-refractivity contribution in [2.75, 3.05) is 0 Å². The molecule has 3 nitrogen and oxygen atoms in total. The molecule has 0 aliphatic rings. The van der Waals surface area contributed by atoms with Gasteiger partial charge in [-0.2, -0.15) is 0 Å². The standard InChI is InChI=1S/C15H9FN2O/c16-11-4-1-3-10(9-11)15(19)12-5-2-6-13-14(12)18-8-7-17-13/h1-9H. The minimum atomic E-state index is -0.433. The quantitative estimate of drug-likeness (QED) is 0.658. The summed E-state index contributed by atoms with van der Waals surface area (Å²) in [5.74, 6) is -0.692. The van der Waals surface area contributed by atoms with Crippen LogP contribution in [0.5, 0.6) is 0 Å². The van der Waals surface area contributed by atoms with Gasteiger partial charge in [0.25, 0.3) is 0 Å². The summed E-state index contributed by atoms with van der Waals surface area (Å²) in [5, 5.41) is 0. The maximum absolute atomic E-state index is 13.2. The molecule has 19 heavy (non-hydrogen) atoms. The number of fused-ring (bicyclic) bond motifs is 1. The lowest BCUT2D eigenvalue weighted by molar-refractivity contribution is 0.103. The van der Waals surface area contributed by atoms with E-state index in [0.717, 1.165) is 0 Å². The highest BCUT2D eigenvalue weighted by atomic mass is 19.1. The molecular formula is C15H9FN2O. The molecule has 0 bridgehead atoms. The Balaban J connectivity index is 2.17. The molecule has 4 heteroatoms. The molecule has 3 aromatic rings. The fraction of sp³-hybridized carbons (Fsp3) is 0. The Morgan fingerprint density at radius 2 is 1.79 bits per heavy atom. The fourth-order valence-electron chi connectivity index (χ4n) is 1.96. The highest BCUT2D eigenvalue weighted by molar-refractivity contribution is 6.15. The lowest BCUT2D eigenvalue weighted by Gasteiger charge is -2.04. The maximum atomic E-state index is 13.2. The average molecular weight is 252 g/mol. The van der Waals surface area contributed by atoms with Crippen LogP contribution in [0.1, 0.15) is 15.9 Å². The van der Waals surface area contributed by atoms with Gasteiger partial charge in [-0.05, 0) is 24.3 Å². The van der Waals surface area contributed by atoms with Crippen LogP contribution in [0, 0.1) is 5.82 Å². The van der Waals surface area contributed by atoms with Crippen molar-refractivity contribution in [1.29, 1.82) is 0 Å². The van der Waals surface area contributed by atoms with E-state index in [2.05, 4.69) is 9.97 Å². The van der Waals surface area contributed by atoms with Crippen LogP contribution in [-0.4, -0.2) is 15.8 Å². The smallest absolute Gasteiger partial charge is 0.195 e. The maximum Gasteiger partial charge on any atom is 0.195 e. The summed E-state index contributed by atoms with van der Waals surface area (Å²) >= 11 is 0. The summed E-state index contributed by atoms with van der Waals surface area (Å²) in [5.41, 5.74) is 1.90. The Morgan fingerprint density at radius 1 is 1.00 bits per heavy atom. The van der Waals surface area contributed by atoms with Crippen molar-refractivity contribution in [2.24, 2.45) is 0 Å². The molecule has 3 rings (SSSR count). The number of halogens is 1. The second-order valence-electron chi connectivity index (χ2n) is 4.07. The molecule has 0 saturated heterocycles. The number of carbonyl (C=O) groups is 1. The predicted molar refractivity (Wildman–Crippen MR) is 69.4 cm³/mol. The molecule has 0 radical (unpaired) electrons. The SMILES string of the molecule is O=C(c1cccc(F)c1)c1cccc2nccnc12. The van der Waals surface area contributed by atoms with E-state index in [1.807, 2.05) is 0 Å². The molecule has 92 valence electrons. The van der Waals surface area contributed by atoms with Gasteiger partial charge in [-0.15, -0.1) is 0 Å². The molecular weight excluding hydrogens is 243 g/mol. The normalized spacial score (nSPS) is 10.6. The van der Waals surface area contributed by atoms with Crippen molar-refractivity contribution in [1.82, 2.24) is 9.97 Å². The van der Waals surface area contributed by atoms with Crippen LogP contribution in [0.25, 0.3) is 11.0 Å². The Kier molecular flexibility index (Phi) is 2.76. The molecule has 0 spiro atoms. The largest absolute Gasteiger partial charge is 0.289 e. The van der Waals surface area contributed by atoms with E-state index in [0.29, 0.717) is 22.2 Å². The number of benzene rings is 2.